The monoisotopic (exact) mass is 455 g/mol. The molecule has 0 aliphatic heterocycles. The highest BCUT2D eigenvalue weighted by atomic mass is 32.2. The van der Waals surface area contributed by atoms with Crippen molar-refractivity contribution in [1.82, 2.24) is 15.1 Å². The molecule has 2 aliphatic rings. The van der Waals surface area contributed by atoms with Crippen LogP contribution < -0.4 is 5.32 Å². The molecule has 0 atom stereocenters. The lowest BCUT2D eigenvalue weighted by Crippen LogP contribution is -2.36. The predicted molar refractivity (Wildman–Crippen MR) is 127 cm³/mol. The van der Waals surface area contributed by atoms with Crippen LogP contribution in [0.25, 0.3) is 5.69 Å². The summed E-state index contributed by atoms with van der Waals surface area (Å²) in [6, 6.07) is 7.46. The number of hydrogen-bond donors (Lipinski definition) is 1. The number of ether oxygens (including phenoxy) is 1. The Kier molecular flexibility index (Phi) is 7.90. The van der Waals surface area contributed by atoms with E-state index < -0.39 is 0 Å². The zero-order valence-corrected chi connectivity index (χ0v) is 19.7. The number of amides is 1. The Bertz CT molecular complexity index is 911. The first-order valence-electron chi connectivity index (χ1n) is 11.9. The Balaban J connectivity index is 1.61. The smallest absolute Gasteiger partial charge is 0.337 e. The van der Waals surface area contributed by atoms with Crippen LogP contribution in [0.2, 0.25) is 0 Å². The van der Waals surface area contributed by atoms with E-state index in [0.29, 0.717) is 16.4 Å². The van der Waals surface area contributed by atoms with Crippen LogP contribution in [0.5, 0.6) is 0 Å². The molecule has 0 spiro atoms. The molecule has 1 aromatic heterocycles. The van der Waals surface area contributed by atoms with Gasteiger partial charge < -0.3 is 10.1 Å². The number of esters is 1. The fourth-order valence-electron chi connectivity index (χ4n) is 4.67. The zero-order valence-electron chi connectivity index (χ0n) is 18.8. The Morgan fingerprint density at radius 2 is 1.59 bits per heavy atom. The quantitative estimate of drug-likeness (QED) is 0.457. The highest BCUT2D eigenvalue weighted by Crippen LogP contribution is 2.36. The molecule has 32 heavy (non-hydrogen) atoms. The summed E-state index contributed by atoms with van der Waals surface area (Å²) < 4.78 is 6.66. The Hall–Kier alpha value is -2.28. The largest absolute Gasteiger partial charge is 0.465 e. The van der Waals surface area contributed by atoms with Crippen LogP contribution in [0, 0.1) is 0 Å². The second-order valence-corrected chi connectivity index (χ2v) is 10.1. The molecule has 2 aromatic rings. The molecule has 0 bridgehead atoms. The van der Waals surface area contributed by atoms with Crippen molar-refractivity contribution in [2.45, 2.75) is 86.9 Å². The Morgan fingerprint density at radius 3 is 2.25 bits per heavy atom. The fourth-order valence-corrected chi connectivity index (χ4v) is 6.08. The van der Waals surface area contributed by atoms with Gasteiger partial charge in [0.15, 0.2) is 0 Å². The highest BCUT2D eigenvalue weighted by Gasteiger charge is 2.25. The summed E-state index contributed by atoms with van der Waals surface area (Å²) in [6.45, 7) is 0. The molecule has 1 heterocycles. The maximum Gasteiger partial charge on any atom is 0.337 e. The lowest BCUT2D eigenvalue weighted by atomic mass is 9.95. The third kappa shape index (κ3) is 5.55. The molecule has 172 valence electrons. The molecule has 2 fully saturated rings. The average molecular weight is 456 g/mol. The van der Waals surface area contributed by atoms with E-state index >= 15 is 0 Å². The molecule has 0 unspecified atom stereocenters. The minimum Gasteiger partial charge on any atom is -0.465 e. The van der Waals surface area contributed by atoms with Gasteiger partial charge >= 0.3 is 5.97 Å². The fraction of sp³-hybridized carbons (Fsp3) is 0.560. The molecule has 0 saturated heterocycles. The summed E-state index contributed by atoms with van der Waals surface area (Å²) in [5.41, 5.74) is 1.99. The van der Waals surface area contributed by atoms with E-state index in [1.807, 2.05) is 16.8 Å². The van der Waals surface area contributed by atoms with Gasteiger partial charge in [-0.15, -0.1) is 11.8 Å². The van der Waals surface area contributed by atoms with Crippen LogP contribution >= 0.6 is 11.8 Å². The van der Waals surface area contributed by atoms with Crippen LogP contribution in [0.4, 0.5) is 0 Å². The maximum absolute atomic E-state index is 13.2. The van der Waals surface area contributed by atoms with Crippen molar-refractivity contribution in [2.75, 3.05) is 7.11 Å². The normalized spacial score (nSPS) is 18.2. The van der Waals surface area contributed by atoms with Crippen LogP contribution in [0.1, 0.15) is 91.3 Å². The van der Waals surface area contributed by atoms with Gasteiger partial charge in [-0.2, -0.15) is 5.10 Å². The van der Waals surface area contributed by atoms with Gasteiger partial charge in [0.2, 0.25) is 0 Å². The SMILES string of the molecule is COC(=O)c1ccc(-n2ncc(C(=O)NC3CCCCC3)c2SC2CCCCCC2)cc1. The minimum atomic E-state index is -0.363. The number of aromatic nitrogens is 2. The maximum atomic E-state index is 13.2. The molecule has 2 aliphatic carbocycles. The third-order valence-corrected chi connectivity index (χ3v) is 7.94. The summed E-state index contributed by atoms with van der Waals surface area (Å²) >= 11 is 1.79. The lowest BCUT2D eigenvalue weighted by Gasteiger charge is -2.23. The third-order valence-electron chi connectivity index (χ3n) is 6.52. The number of benzene rings is 1. The number of hydrogen-bond acceptors (Lipinski definition) is 5. The van der Waals surface area contributed by atoms with Crippen molar-refractivity contribution >= 4 is 23.6 Å². The van der Waals surface area contributed by atoms with Crippen LogP contribution in [0.3, 0.4) is 0 Å². The van der Waals surface area contributed by atoms with Crippen molar-refractivity contribution in [1.29, 1.82) is 0 Å². The van der Waals surface area contributed by atoms with E-state index in [1.54, 1.807) is 30.1 Å². The van der Waals surface area contributed by atoms with E-state index in [-0.39, 0.29) is 17.9 Å². The van der Waals surface area contributed by atoms with E-state index in [4.69, 9.17) is 4.74 Å². The van der Waals surface area contributed by atoms with Gasteiger partial charge in [-0.3, -0.25) is 4.79 Å². The van der Waals surface area contributed by atoms with Crippen LogP contribution in [-0.4, -0.2) is 40.1 Å². The van der Waals surface area contributed by atoms with Crippen LogP contribution in [-0.2, 0) is 4.74 Å². The number of carbonyl (C=O) groups is 2. The molecule has 7 heteroatoms. The number of nitrogens with zero attached hydrogens (tertiary/aromatic N) is 2. The van der Waals surface area contributed by atoms with Gasteiger partial charge in [0, 0.05) is 11.3 Å². The minimum absolute atomic E-state index is 0.0227. The highest BCUT2D eigenvalue weighted by molar-refractivity contribution is 8.00. The van der Waals surface area contributed by atoms with E-state index in [2.05, 4.69) is 10.4 Å². The average Bonchev–Trinajstić information content (AvgIpc) is 3.06. The van der Waals surface area contributed by atoms with Gasteiger partial charge in [0.1, 0.15) is 5.03 Å². The zero-order chi connectivity index (χ0) is 22.3. The van der Waals surface area contributed by atoms with Crippen molar-refractivity contribution in [3.63, 3.8) is 0 Å². The summed E-state index contributed by atoms with van der Waals surface area (Å²) in [5, 5.41) is 9.25. The number of thioether (sulfide) groups is 1. The van der Waals surface area contributed by atoms with Crippen molar-refractivity contribution in [3.8, 4) is 5.69 Å². The molecular weight excluding hydrogens is 422 g/mol. The van der Waals surface area contributed by atoms with Gasteiger partial charge in [0.05, 0.1) is 30.1 Å². The lowest BCUT2D eigenvalue weighted by molar-refractivity contribution is 0.0600. The van der Waals surface area contributed by atoms with Gasteiger partial charge in [0.25, 0.3) is 5.91 Å². The number of rotatable bonds is 6. The van der Waals surface area contributed by atoms with Crippen molar-refractivity contribution < 1.29 is 14.3 Å². The first-order chi connectivity index (χ1) is 15.7. The second kappa shape index (κ2) is 11.0. The van der Waals surface area contributed by atoms with E-state index in [1.165, 1.54) is 64.9 Å². The first kappa shape index (κ1) is 22.9. The number of carbonyl (C=O) groups excluding carboxylic acids is 2. The number of nitrogens with one attached hydrogen (secondary N) is 1. The molecule has 1 N–H and O–H groups in total. The number of methoxy groups -OCH3 is 1. The Morgan fingerprint density at radius 1 is 0.969 bits per heavy atom. The summed E-state index contributed by atoms with van der Waals surface area (Å²) in [5.74, 6) is -0.386. The van der Waals surface area contributed by atoms with Gasteiger partial charge in [-0.05, 0) is 49.9 Å². The van der Waals surface area contributed by atoms with Crippen LogP contribution in [0.15, 0.2) is 35.5 Å². The molecule has 1 amide bonds. The molecule has 4 rings (SSSR count). The molecular formula is C25H33N3O3S. The second-order valence-electron chi connectivity index (χ2n) is 8.85. The summed E-state index contributed by atoms with van der Waals surface area (Å²) in [4.78, 5) is 25.0. The van der Waals surface area contributed by atoms with Gasteiger partial charge in [-0.25, -0.2) is 9.48 Å². The predicted octanol–water partition coefficient (Wildman–Crippen LogP) is 5.54. The molecule has 1 aromatic carbocycles. The van der Waals surface area contributed by atoms with Gasteiger partial charge in [-0.1, -0.05) is 44.9 Å². The summed E-state index contributed by atoms with van der Waals surface area (Å²) in [7, 11) is 1.38. The summed E-state index contributed by atoms with van der Waals surface area (Å²) in [6.07, 6.45) is 14.8. The van der Waals surface area contributed by atoms with E-state index in [9.17, 15) is 9.59 Å². The van der Waals surface area contributed by atoms with Crippen molar-refractivity contribution in [3.05, 3.63) is 41.6 Å². The molecule has 2 saturated carbocycles. The first-order valence-corrected chi connectivity index (χ1v) is 12.8. The standard InChI is InChI=1S/C25H33N3O3S/c1-31-25(30)18-13-15-20(16-14-18)28-24(32-21-11-7-2-3-8-12-21)22(17-26-28)23(29)27-19-9-5-4-6-10-19/h13-17,19,21H,2-12H2,1H3,(H,27,29). The topological polar surface area (TPSA) is 73.2 Å². The van der Waals surface area contributed by atoms with Crippen molar-refractivity contribution in [2.24, 2.45) is 0 Å². The molecule has 6 nitrogen and oxygen atoms in total. The Labute approximate surface area is 194 Å². The molecule has 0 radical (unpaired) electrons. The van der Waals surface area contributed by atoms with E-state index in [0.717, 1.165) is 23.6 Å².